The maximum atomic E-state index is 8.38. The lowest BCUT2D eigenvalue weighted by Gasteiger charge is -2.11. The monoisotopic (exact) mass is 311 g/mol. The lowest BCUT2D eigenvalue weighted by Crippen LogP contribution is -2.26. The third-order valence-electron chi connectivity index (χ3n) is 3.93. The largest absolute Gasteiger partial charge is 0.493 e. The Morgan fingerprint density at radius 1 is 0.913 bits per heavy atom. The Kier molecular flexibility index (Phi) is 4.37. The lowest BCUT2D eigenvalue weighted by molar-refractivity contribution is 0.278. The van der Waals surface area contributed by atoms with Gasteiger partial charge in [-0.15, -0.1) is 0 Å². The molecule has 0 saturated heterocycles. The van der Waals surface area contributed by atoms with Crippen molar-refractivity contribution in [2.75, 3.05) is 13.7 Å². The molecule has 5 nitrogen and oxygen atoms in total. The molecule has 0 aliphatic heterocycles. The molecule has 1 heterocycles. The van der Waals surface area contributed by atoms with Crippen LogP contribution in [0.5, 0.6) is 11.5 Å². The number of rotatable bonds is 6. The van der Waals surface area contributed by atoms with Crippen molar-refractivity contribution >= 4 is 11.0 Å². The van der Waals surface area contributed by atoms with Crippen LogP contribution in [-0.2, 0) is 13.1 Å². The fourth-order valence-corrected chi connectivity index (χ4v) is 2.83. The van der Waals surface area contributed by atoms with Gasteiger partial charge >= 0.3 is 0 Å². The van der Waals surface area contributed by atoms with Gasteiger partial charge in [0.2, 0.25) is 5.62 Å². The number of nitrogens with zero attached hydrogens (tertiary/aromatic N) is 2. The minimum Gasteiger partial charge on any atom is -0.493 e. The van der Waals surface area contributed by atoms with E-state index in [1.807, 2.05) is 51.6 Å². The van der Waals surface area contributed by atoms with E-state index in [0.717, 1.165) is 29.1 Å². The quantitative estimate of drug-likeness (QED) is 0.761. The minimum atomic E-state index is 0.481. The van der Waals surface area contributed by atoms with Gasteiger partial charge in [0.15, 0.2) is 11.5 Å². The Labute approximate surface area is 135 Å². The number of hydrogen-bond acceptors (Lipinski definition) is 3. The number of aromatic nitrogens is 2. The predicted octanol–water partition coefficient (Wildman–Crippen LogP) is 3.03. The van der Waals surface area contributed by atoms with Crippen molar-refractivity contribution in [2.45, 2.75) is 20.0 Å². The van der Waals surface area contributed by atoms with Crippen molar-refractivity contribution in [3.63, 3.8) is 0 Å². The molecule has 0 aliphatic carbocycles. The third-order valence-corrected chi connectivity index (χ3v) is 3.93. The summed E-state index contributed by atoms with van der Waals surface area (Å²) < 4.78 is 15.1. The van der Waals surface area contributed by atoms with Gasteiger partial charge in [-0.3, -0.25) is 5.41 Å². The van der Waals surface area contributed by atoms with Gasteiger partial charge in [-0.25, -0.2) is 0 Å². The van der Waals surface area contributed by atoms with Crippen LogP contribution >= 0.6 is 0 Å². The van der Waals surface area contributed by atoms with Crippen LogP contribution in [0.4, 0.5) is 0 Å². The molecule has 5 heteroatoms. The Morgan fingerprint density at radius 2 is 1.52 bits per heavy atom. The zero-order chi connectivity index (χ0) is 16.2. The van der Waals surface area contributed by atoms with Crippen LogP contribution in [0.1, 0.15) is 6.92 Å². The average Bonchev–Trinajstić information content (AvgIpc) is 2.87. The number of imidazole rings is 1. The molecule has 0 unspecified atom stereocenters. The predicted molar refractivity (Wildman–Crippen MR) is 89.9 cm³/mol. The Balaban J connectivity index is 1.83. The molecule has 3 aromatic rings. The normalized spacial score (nSPS) is 10.9. The second-order valence-corrected chi connectivity index (χ2v) is 5.21. The average molecular weight is 311 g/mol. The molecule has 120 valence electrons. The minimum absolute atomic E-state index is 0.481. The van der Waals surface area contributed by atoms with Crippen LogP contribution in [0.25, 0.3) is 11.0 Å². The first-order chi connectivity index (χ1) is 11.3. The number of methoxy groups -OCH3 is 1. The zero-order valence-electron chi connectivity index (χ0n) is 13.5. The molecule has 1 aromatic heterocycles. The number of aryl methyl sites for hydroxylation is 1. The highest BCUT2D eigenvalue weighted by Crippen LogP contribution is 2.25. The summed E-state index contributed by atoms with van der Waals surface area (Å²) in [5, 5.41) is 8.38. The second kappa shape index (κ2) is 6.60. The van der Waals surface area contributed by atoms with Gasteiger partial charge in [0.25, 0.3) is 0 Å². The SMILES string of the molecule is CCn1c(=N)n(CCOc2ccccc2OC)c2ccccc21. The fourth-order valence-electron chi connectivity index (χ4n) is 2.83. The number of fused-ring (bicyclic) bond motifs is 1. The van der Waals surface area contributed by atoms with Crippen LogP contribution in [0.2, 0.25) is 0 Å². The first kappa shape index (κ1) is 15.2. The van der Waals surface area contributed by atoms with Crippen molar-refractivity contribution < 1.29 is 9.47 Å². The van der Waals surface area contributed by atoms with E-state index in [1.165, 1.54) is 0 Å². The van der Waals surface area contributed by atoms with E-state index in [9.17, 15) is 0 Å². The Morgan fingerprint density at radius 3 is 2.17 bits per heavy atom. The molecule has 0 saturated carbocycles. The van der Waals surface area contributed by atoms with Crippen LogP contribution in [-0.4, -0.2) is 22.9 Å². The van der Waals surface area contributed by atoms with E-state index < -0.39 is 0 Å². The number of benzene rings is 2. The van der Waals surface area contributed by atoms with Crippen LogP contribution in [0.3, 0.4) is 0 Å². The topological polar surface area (TPSA) is 52.2 Å². The van der Waals surface area contributed by atoms with E-state index >= 15 is 0 Å². The number of nitrogens with one attached hydrogen (secondary N) is 1. The molecule has 23 heavy (non-hydrogen) atoms. The summed E-state index contributed by atoms with van der Waals surface area (Å²) in [6.45, 7) is 3.93. The first-order valence-corrected chi connectivity index (χ1v) is 7.74. The number of hydrogen-bond donors (Lipinski definition) is 1. The molecule has 0 fully saturated rings. The highest BCUT2D eigenvalue weighted by Gasteiger charge is 2.09. The van der Waals surface area contributed by atoms with E-state index in [1.54, 1.807) is 7.11 Å². The molecule has 0 atom stereocenters. The van der Waals surface area contributed by atoms with Crippen molar-refractivity contribution in [2.24, 2.45) is 0 Å². The second-order valence-electron chi connectivity index (χ2n) is 5.21. The van der Waals surface area contributed by atoms with Gasteiger partial charge in [-0.05, 0) is 31.2 Å². The standard InChI is InChI=1S/C18H21N3O2/c1-3-20-14-8-4-5-9-15(14)21(18(20)19)12-13-23-17-11-7-6-10-16(17)22-2/h4-11,19H,3,12-13H2,1-2H3. The lowest BCUT2D eigenvalue weighted by atomic mass is 10.3. The maximum Gasteiger partial charge on any atom is 0.203 e. The Hall–Kier alpha value is -2.69. The first-order valence-electron chi connectivity index (χ1n) is 7.74. The van der Waals surface area contributed by atoms with Gasteiger partial charge in [0.1, 0.15) is 6.61 Å². The summed E-state index contributed by atoms with van der Waals surface area (Å²) in [4.78, 5) is 0. The van der Waals surface area contributed by atoms with Gasteiger partial charge in [0, 0.05) is 6.54 Å². The van der Waals surface area contributed by atoms with Crippen molar-refractivity contribution in [1.82, 2.24) is 9.13 Å². The molecule has 0 spiro atoms. The fraction of sp³-hybridized carbons (Fsp3) is 0.278. The summed E-state index contributed by atoms with van der Waals surface area (Å²) in [7, 11) is 1.63. The molecular formula is C18H21N3O2. The number of ether oxygens (including phenoxy) is 2. The molecule has 0 aliphatic rings. The van der Waals surface area contributed by atoms with Crippen molar-refractivity contribution in [1.29, 1.82) is 5.41 Å². The summed E-state index contributed by atoms with van der Waals surface area (Å²) >= 11 is 0. The highest BCUT2D eigenvalue weighted by molar-refractivity contribution is 5.75. The third kappa shape index (κ3) is 2.82. The van der Waals surface area contributed by atoms with E-state index in [2.05, 4.69) is 13.0 Å². The molecule has 1 N–H and O–H groups in total. The van der Waals surface area contributed by atoms with Crippen LogP contribution in [0.15, 0.2) is 48.5 Å². The molecule has 0 bridgehead atoms. The molecule has 2 aromatic carbocycles. The van der Waals surface area contributed by atoms with Gasteiger partial charge in [-0.2, -0.15) is 0 Å². The van der Waals surface area contributed by atoms with Crippen LogP contribution in [0, 0.1) is 5.41 Å². The molecular weight excluding hydrogens is 290 g/mol. The molecule has 3 rings (SSSR count). The molecule has 0 radical (unpaired) electrons. The van der Waals surface area contributed by atoms with E-state index in [4.69, 9.17) is 14.9 Å². The maximum absolute atomic E-state index is 8.38. The Bertz CT molecular complexity index is 864. The summed E-state index contributed by atoms with van der Waals surface area (Å²) in [6.07, 6.45) is 0. The van der Waals surface area contributed by atoms with Gasteiger partial charge < -0.3 is 18.6 Å². The van der Waals surface area contributed by atoms with E-state index in [0.29, 0.717) is 18.8 Å². The molecule has 0 amide bonds. The van der Waals surface area contributed by atoms with Crippen LogP contribution < -0.4 is 15.1 Å². The zero-order valence-corrected chi connectivity index (χ0v) is 13.5. The summed E-state index contributed by atoms with van der Waals surface area (Å²) in [5.74, 6) is 1.45. The summed E-state index contributed by atoms with van der Waals surface area (Å²) in [6, 6.07) is 15.7. The number of para-hydroxylation sites is 4. The van der Waals surface area contributed by atoms with Gasteiger partial charge in [-0.1, -0.05) is 24.3 Å². The van der Waals surface area contributed by atoms with Gasteiger partial charge in [0.05, 0.1) is 24.7 Å². The van der Waals surface area contributed by atoms with Crippen molar-refractivity contribution in [3.8, 4) is 11.5 Å². The van der Waals surface area contributed by atoms with Crippen molar-refractivity contribution in [3.05, 3.63) is 54.1 Å². The highest BCUT2D eigenvalue weighted by atomic mass is 16.5. The smallest absolute Gasteiger partial charge is 0.203 e. The van der Waals surface area contributed by atoms with E-state index in [-0.39, 0.29) is 0 Å². The summed E-state index contributed by atoms with van der Waals surface area (Å²) in [5.41, 5.74) is 2.64.